The number of nitrogens with zero attached hydrogens (tertiary/aromatic N) is 2. The predicted molar refractivity (Wildman–Crippen MR) is 93.7 cm³/mol. The van der Waals surface area contributed by atoms with Gasteiger partial charge in [-0.25, -0.2) is 4.79 Å². The molecular weight excluding hydrogens is 322 g/mol. The first-order chi connectivity index (χ1) is 11.7. The smallest absolute Gasteiger partial charge is 0.331 e. The summed E-state index contributed by atoms with van der Waals surface area (Å²) in [5, 5.41) is 16.0. The Bertz CT molecular complexity index is 767. The molecule has 0 saturated heterocycles. The van der Waals surface area contributed by atoms with E-state index in [1.165, 1.54) is 30.9 Å². The van der Waals surface area contributed by atoms with Gasteiger partial charge in [-0.2, -0.15) is 5.10 Å². The Morgan fingerprint density at radius 2 is 2.12 bits per heavy atom. The van der Waals surface area contributed by atoms with Crippen molar-refractivity contribution in [2.24, 2.45) is 0 Å². The summed E-state index contributed by atoms with van der Waals surface area (Å²) in [5.41, 5.74) is 0.265. The van der Waals surface area contributed by atoms with Crippen molar-refractivity contribution >= 4 is 17.6 Å². The third-order valence-corrected chi connectivity index (χ3v) is 3.88. The van der Waals surface area contributed by atoms with Crippen LogP contribution in [0.4, 0.5) is 5.69 Å². The molecule has 2 aromatic rings. The van der Waals surface area contributed by atoms with Gasteiger partial charge in [-0.1, -0.05) is 19.1 Å². The van der Waals surface area contributed by atoms with Crippen molar-refractivity contribution in [3.63, 3.8) is 0 Å². The maximum absolute atomic E-state index is 12.4. The van der Waals surface area contributed by atoms with Crippen molar-refractivity contribution in [3.05, 3.63) is 42.2 Å². The van der Waals surface area contributed by atoms with Gasteiger partial charge < -0.3 is 15.2 Å². The zero-order valence-electron chi connectivity index (χ0n) is 14.8. The number of carboxylic acid groups (broad SMARTS) is 1. The molecule has 2 rings (SSSR count). The lowest BCUT2D eigenvalue weighted by Gasteiger charge is -2.19. The molecular formula is C18H23N3O4. The number of hydrogen-bond acceptors (Lipinski definition) is 4. The van der Waals surface area contributed by atoms with Crippen molar-refractivity contribution in [2.45, 2.75) is 45.8 Å². The van der Waals surface area contributed by atoms with Crippen molar-refractivity contribution in [2.75, 3.05) is 5.32 Å². The first-order valence-electron chi connectivity index (χ1n) is 8.06. The highest BCUT2D eigenvalue weighted by Gasteiger charge is 2.30. The van der Waals surface area contributed by atoms with Crippen LogP contribution < -0.4 is 10.1 Å². The molecule has 1 aromatic carbocycles. The third kappa shape index (κ3) is 4.37. The van der Waals surface area contributed by atoms with Crippen LogP contribution in [0.15, 0.2) is 36.7 Å². The SMILES string of the molecule is CCC(Oc1cccc(C)c1)C(=O)Nc1cnn(C(C)(C)C(=O)O)c1. The summed E-state index contributed by atoms with van der Waals surface area (Å²) in [6.07, 6.45) is 2.75. The van der Waals surface area contributed by atoms with Crippen LogP contribution in [0.2, 0.25) is 0 Å². The van der Waals surface area contributed by atoms with E-state index in [4.69, 9.17) is 4.74 Å². The summed E-state index contributed by atoms with van der Waals surface area (Å²) in [7, 11) is 0. The molecule has 7 heteroatoms. The van der Waals surface area contributed by atoms with Crippen LogP contribution in [-0.4, -0.2) is 32.9 Å². The highest BCUT2D eigenvalue weighted by Crippen LogP contribution is 2.19. The molecule has 0 saturated carbocycles. The number of anilines is 1. The monoisotopic (exact) mass is 345 g/mol. The number of rotatable bonds is 7. The molecule has 134 valence electrons. The topological polar surface area (TPSA) is 93.5 Å². The molecule has 1 unspecified atom stereocenters. The zero-order valence-corrected chi connectivity index (χ0v) is 14.8. The molecule has 0 spiro atoms. The average molecular weight is 345 g/mol. The van der Waals surface area contributed by atoms with Crippen LogP contribution in [0.5, 0.6) is 5.75 Å². The number of aryl methyl sites for hydroxylation is 1. The second-order valence-electron chi connectivity index (χ2n) is 6.36. The Morgan fingerprint density at radius 1 is 1.40 bits per heavy atom. The van der Waals surface area contributed by atoms with Crippen LogP contribution in [0, 0.1) is 6.92 Å². The van der Waals surface area contributed by atoms with E-state index in [2.05, 4.69) is 10.4 Å². The standard InChI is InChI=1S/C18H23N3O4/c1-5-15(25-14-8-6-7-12(2)9-14)16(22)20-13-10-19-21(11-13)18(3,4)17(23)24/h6-11,15H,5H2,1-4H3,(H,20,22)(H,23,24). The van der Waals surface area contributed by atoms with Crippen LogP contribution in [0.1, 0.15) is 32.8 Å². The fraction of sp³-hybridized carbons (Fsp3) is 0.389. The van der Waals surface area contributed by atoms with Crippen LogP contribution in [-0.2, 0) is 15.1 Å². The molecule has 2 N–H and O–H groups in total. The van der Waals surface area contributed by atoms with Crippen LogP contribution >= 0.6 is 0 Å². The number of hydrogen-bond donors (Lipinski definition) is 2. The van der Waals surface area contributed by atoms with Gasteiger partial charge in [0.1, 0.15) is 5.75 Å². The van der Waals surface area contributed by atoms with E-state index in [0.29, 0.717) is 17.9 Å². The van der Waals surface area contributed by atoms with Gasteiger partial charge in [0.25, 0.3) is 5.91 Å². The summed E-state index contributed by atoms with van der Waals surface area (Å²) in [6.45, 7) is 6.87. The van der Waals surface area contributed by atoms with Gasteiger partial charge in [0.2, 0.25) is 0 Å². The Morgan fingerprint density at radius 3 is 2.72 bits per heavy atom. The Hall–Kier alpha value is -2.83. The number of carbonyl (C=O) groups is 2. The number of nitrogens with one attached hydrogen (secondary N) is 1. The van der Waals surface area contributed by atoms with Gasteiger partial charge in [0, 0.05) is 6.20 Å². The Balaban J connectivity index is 2.07. The molecule has 0 fully saturated rings. The van der Waals surface area contributed by atoms with Crippen molar-refractivity contribution < 1.29 is 19.4 Å². The van der Waals surface area contributed by atoms with Gasteiger partial charge in [0.15, 0.2) is 11.6 Å². The van der Waals surface area contributed by atoms with Gasteiger partial charge in [-0.15, -0.1) is 0 Å². The number of aromatic nitrogens is 2. The minimum Gasteiger partial charge on any atom is -0.481 e. The molecule has 0 aliphatic heterocycles. The second-order valence-corrected chi connectivity index (χ2v) is 6.36. The van der Waals surface area contributed by atoms with Crippen molar-refractivity contribution in [1.29, 1.82) is 0 Å². The molecule has 0 radical (unpaired) electrons. The summed E-state index contributed by atoms with van der Waals surface area (Å²) >= 11 is 0. The van der Waals surface area contributed by atoms with E-state index in [1.807, 2.05) is 32.0 Å². The molecule has 0 aliphatic carbocycles. The maximum atomic E-state index is 12.4. The number of benzene rings is 1. The summed E-state index contributed by atoms with van der Waals surface area (Å²) in [5.74, 6) is -0.691. The lowest BCUT2D eigenvalue weighted by atomic mass is 10.1. The molecule has 1 amide bonds. The molecule has 1 heterocycles. The number of ether oxygens (including phenoxy) is 1. The van der Waals surface area contributed by atoms with Crippen LogP contribution in [0.3, 0.4) is 0 Å². The molecule has 25 heavy (non-hydrogen) atoms. The van der Waals surface area contributed by atoms with Crippen molar-refractivity contribution in [1.82, 2.24) is 9.78 Å². The maximum Gasteiger partial charge on any atom is 0.331 e. The van der Waals surface area contributed by atoms with Gasteiger partial charge >= 0.3 is 5.97 Å². The lowest BCUT2D eigenvalue weighted by Crippen LogP contribution is -2.36. The summed E-state index contributed by atoms with van der Waals surface area (Å²) < 4.78 is 7.06. The van der Waals surface area contributed by atoms with Gasteiger partial charge in [0.05, 0.1) is 11.9 Å². The summed E-state index contributed by atoms with van der Waals surface area (Å²) in [4.78, 5) is 23.7. The average Bonchev–Trinajstić information content (AvgIpc) is 3.01. The Labute approximate surface area is 146 Å². The van der Waals surface area contributed by atoms with Gasteiger partial charge in [-0.3, -0.25) is 9.48 Å². The Kier molecular flexibility index (Phi) is 5.46. The molecule has 0 aliphatic rings. The number of amides is 1. The first kappa shape index (κ1) is 18.5. The molecule has 1 aromatic heterocycles. The van der Waals surface area contributed by atoms with Crippen LogP contribution in [0.25, 0.3) is 0 Å². The van der Waals surface area contributed by atoms with E-state index in [1.54, 1.807) is 6.07 Å². The van der Waals surface area contributed by atoms with E-state index < -0.39 is 17.6 Å². The number of aliphatic carboxylic acids is 1. The van der Waals surface area contributed by atoms with E-state index in [0.717, 1.165) is 5.56 Å². The molecule has 1 atom stereocenters. The molecule has 7 nitrogen and oxygen atoms in total. The fourth-order valence-corrected chi connectivity index (χ4v) is 2.19. The van der Waals surface area contributed by atoms with E-state index in [9.17, 15) is 14.7 Å². The highest BCUT2D eigenvalue weighted by atomic mass is 16.5. The summed E-state index contributed by atoms with van der Waals surface area (Å²) in [6, 6.07) is 7.49. The van der Waals surface area contributed by atoms with Crippen molar-refractivity contribution in [3.8, 4) is 5.75 Å². The number of carbonyl (C=O) groups excluding carboxylic acids is 1. The fourth-order valence-electron chi connectivity index (χ4n) is 2.19. The lowest BCUT2D eigenvalue weighted by molar-refractivity contribution is -0.146. The predicted octanol–water partition coefficient (Wildman–Crippen LogP) is 2.81. The minimum atomic E-state index is -1.20. The number of carboxylic acids is 1. The molecule has 0 bridgehead atoms. The quantitative estimate of drug-likeness (QED) is 0.805. The van der Waals surface area contributed by atoms with E-state index >= 15 is 0 Å². The normalized spacial score (nSPS) is 12.5. The zero-order chi connectivity index (χ0) is 18.6. The van der Waals surface area contributed by atoms with Gasteiger partial charge in [-0.05, 0) is 44.9 Å². The third-order valence-electron chi connectivity index (χ3n) is 3.88. The largest absolute Gasteiger partial charge is 0.481 e. The first-order valence-corrected chi connectivity index (χ1v) is 8.06. The second kappa shape index (κ2) is 7.38. The highest BCUT2D eigenvalue weighted by molar-refractivity contribution is 5.94. The van der Waals surface area contributed by atoms with E-state index in [-0.39, 0.29) is 5.91 Å². The minimum absolute atomic E-state index is 0.309.